The molecular formula is C14H20F3NO2. The summed E-state index contributed by atoms with van der Waals surface area (Å²) in [6.07, 6.45) is 0. The van der Waals surface area contributed by atoms with Crippen LogP contribution in [0.5, 0.6) is 5.75 Å². The molecule has 1 saturated heterocycles. The van der Waals surface area contributed by atoms with Crippen molar-refractivity contribution < 1.29 is 22.7 Å². The van der Waals surface area contributed by atoms with Crippen LogP contribution in [-0.2, 0) is 4.79 Å². The molecule has 1 unspecified atom stereocenters. The number of anilines is 1. The van der Waals surface area contributed by atoms with Crippen LogP contribution in [0.3, 0.4) is 0 Å². The van der Waals surface area contributed by atoms with E-state index in [1.165, 1.54) is 0 Å². The van der Waals surface area contributed by atoms with Gasteiger partial charge in [-0.15, -0.1) is 0 Å². The summed E-state index contributed by atoms with van der Waals surface area (Å²) in [5.41, 5.74) is 0.953. The molecule has 0 saturated carbocycles. The minimum Gasteiger partial charge on any atom is -0.497 e. The third-order valence-corrected chi connectivity index (χ3v) is 2.53. The van der Waals surface area contributed by atoms with Crippen LogP contribution in [0.1, 0.15) is 20.8 Å². The van der Waals surface area contributed by atoms with Gasteiger partial charge < -0.3 is 9.64 Å². The van der Waals surface area contributed by atoms with E-state index < -0.39 is 6.68 Å². The second-order valence-corrected chi connectivity index (χ2v) is 3.80. The highest BCUT2D eigenvalue weighted by molar-refractivity contribution is 6.01. The van der Waals surface area contributed by atoms with Gasteiger partial charge in [-0.2, -0.15) is 13.2 Å². The van der Waals surface area contributed by atoms with Gasteiger partial charge in [0, 0.05) is 12.2 Å². The molecule has 1 fully saturated rings. The minimum absolute atomic E-state index is 0.178. The molecule has 1 aromatic carbocycles. The summed E-state index contributed by atoms with van der Waals surface area (Å²) >= 11 is 0. The van der Waals surface area contributed by atoms with Crippen molar-refractivity contribution in [1.82, 2.24) is 0 Å². The lowest BCUT2D eigenvalue weighted by molar-refractivity contribution is -0.126. The normalized spacial score (nSPS) is 16.5. The number of amides is 1. The zero-order valence-electron chi connectivity index (χ0n) is 12.1. The standard InChI is InChI=1S/C11H13NO2.C2H6.CHF3/c1-8-7-12(11(8)13)9-3-5-10(14-2)6-4-9;1-2;2-1(3)4/h3-6,8H,7H2,1-2H3;1-2H3;1H. The summed E-state index contributed by atoms with van der Waals surface area (Å²) in [4.78, 5) is 13.2. The number of hydrogen-bond donors (Lipinski definition) is 0. The van der Waals surface area contributed by atoms with Gasteiger partial charge in [0.25, 0.3) is 0 Å². The average molecular weight is 291 g/mol. The third kappa shape index (κ3) is 5.50. The molecule has 0 bridgehead atoms. The van der Waals surface area contributed by atoms with Crippen molar-refractivity contribution in [2.45, 2.75) is 27.5 Å². The van der Waals surface area contributed by atoms with Crippen molar-refractivity contribution in [1.29, 1.82) is 0 Å². The van der Waals surface area contributed by atoms with Crippen molar-refractivity contribution in [3.63, 3.8) is 0 Å². The monoisotopic (exact) mass is 291 g/mol. The first-order valence-corrected chi connectivity index (χ1v) is 6.33. The molecule has 3 nitrogen and oxygen atoms in total. The highest BCUT2D eigenvalue weighted by atomic mass is 19.4. The number of alkyl halides is 3. The largest absolute Gasteiger partial charge is 0.497 e. The lowest BCUT2D eigenvalue weighted by Gasteiger charge is -2.36. The Bertz CT molecular complexity index is 393. The van der Waals surface area contributed by atoms with E-state index in [0.29, 0.717) is 0 Å². The Morgan fingerprint density at radius 2 is 1.65 bits per heavy atom. The predicted octanol–water partition coefficient (Wildman–Crippen LogP) is 3.88. The maximum absolute atomic E-state index is 11.4. The van der Waals surface area contributed by atoms with E-state index >= 15 is 0 Å². The quantitative estimate of drug-likeness (QED) is 0.774. The molecule has 1 aliphatic heterocycles. The van der Waals surface area contributed by atoms with Gasteiger partial charge in [-0.3, -0.25) is 4.79 Å². The summed E-state index contributed by atoms with van der Waals surface area (Å²) in [6.45, 7) is 3.10. The highest BCUT2D eigenvalue weighted by Crippen LogP contribution is 2.27. The van der Waals surface area contributed by atoms with Crippen LogP contribution in [-0.4, -0.2) is 26.2 Å². The predicted molar refractivity (Wildman–Crippen MR) is 73.0 cm³/mol. The first kappa shape index (κ1) is 18.3. The van der Waals surface area contributed by atoms with Gasteiger partial charge in [0.05, 0.1) is 13.0 Å². The molecule has 1 aliphatic rings. The Labute approximate surface area is 117 Å². The van der Waals surface area contributed by atoms with Crippen LogP contribution in [0, 0.1) is 5.92 Å². The Balaban J connectivity index is 0.000000521. The van der Waals surface area contributed by atoms with Gasteiger partial charge in [0.2, 0.25) is 5.91 Å². The number of carbonyl (C=O) groups is 1. The molecular weight excluding hydrogens is 271 g/mol. The van der Waals surface area contributed by atoms with Crippen molar-refractivity contribution in [3.05, 3.63) is 24.3 Å². The number of carbonyl (C=O) groups excluding carboxylic acids is 1. The lowest BCUT2D eigenvalue weighted by atomic mass is 10.0. The zero-order valence-corrected chi connectivity index (χ0v) is 12.1. The van der Waals surface area contributed by atoms with Gasteiger partial charge in [-0.25, -0.2) is 0 Å². The fourth-order valence-electron chi connectivity index (χ4n) is 1.59. The third-order valence-electron chi connectivity index (χ3n) is 2.53. The number of methoxy groups -OCH3 is 1. The van der Waals surface area contributed by atoms with Crippen LogP contribution in [0.4, 0.5) is 18.9 Å². The van der Waals surface area contributed by atoms with Crippen LogP contribution in [0.15, 0.2) is 24.3 Å². The number of hydrogen-bond acceptors (Lipinski definition) is 2. The van der Waals surface area contributed by atoms with E-state index in [-0.39, 0.29) is 11.8 Å². The van der Waals surface area contributed by atoms with E-state index in [0.717, 1.165) is 18.0 Å². The second kappa shape index (κ2) is 9.23. The second-order valence-electron chi connectivity index (χ2n) is 3.80. The van der Waals surface area contributed by atoms with Crippen molar-refractivity contribution >= 4 is 11.6 Å². The molecule has 1 heterocycles. The van der Waals surface area contributed by atoms with Crippen LogP contribution in [0.25, 0.3) is 0 Å². The van der Waals surface area contributed by atoms with Crippen molar-refractivity contribution in [2.24, 2.45) is 5.92 Å². The number of β-lactam (4-membered cyclic amide) rings is 1. The molecule has 20 heavy (non-hydrogen) atoms. The van der Waals surface area contributed by atoms with E-state index in [4.69, 9.17) is 4.74 Å². The Kier molecular flexibility index (Phi) is 8.43. The molecule has 1 atom stereocenters. The number of halogens is 3. The first-order valence-electron chi connectivity index (χ1n) is 6.33. The van der Waals surface area contributed by atoms with E-state index in [9.17, 15) is 18.0 Å². The highest BCUT2D eigenvalue weighted by Gasteiger charge is 2.33. The first-order chi connectivity index (χ1) is 9.45. The fraction of sp³-hybridized carbons (Fsp3) is 0.500. The van der Waals surface area contributed by atoms with Gasteiger partial charge in [-0.05, 0) is 24.3 Å². The average Bonchev–Trinajstić information content (AvgIpc) is 2.46. The summed E-state index contributed by atoms with van der Waals surface area (Å²) in [5.74, 6) is 1.20. The molecule has 114 valence electrons. The lowest BCUT2D eigenvalue weighted by Crippen LogP contribution is -2.51. The number of ether oxygens (including phenoxy) is 1. The van der Waals surface area contributed by atoms with E-state index in [1.807, 2.05) is 45.0 Å². The molecule has 0 aromatic heterocycles. The summed E-state index contributed by atoms with van der Waals surface area (Å²) < 4.78 is 34.0. The summed E-state index contributed by atoms with van der Waals surface area (Å²) in [6, 6.07) is 7.54. The molecule has 6 heteroatoms. The van der Waals surface area contributed by atoms with Gasteiger partial charge in [0.15, 0.2) is 0 Å². The maximum Gasteiger partial charge on any atom is 0.379 e. The summed E-state index contributed by atoms with van der Waals surface area (Å²) in [7, 11) is 1.63. The molecule has 0 spiro atoms. The number of rotatable bonds is 2. The maximum atomic E-state index is 11.4. The SMILES string of the molecule is CC.COc1ccc(N2CC(C)C2=O)cc1.FC(F)F. The Hall–Kier alpha value is -1.72. The molecule has 1 aromatic rings. The molecule has 0 radical (unpaired) electrons. The minimum atomic E-state index is -3.67. The van der Waals surface area contributed by atoms with E-state index in [1.54, 1.807) is 12.0 Å². The molecule has 1 amide bonds. The van der Waals surface area contributed by atoms with Crippen LogP contribution in [0.2, 0.25) is 0 Å². The molecule has 0 aliphatic carbocycles. The molecule has 2 rings (SSSR count). The molecule has 0 N–H and O–H groups in total. The van der Waals surface area contributed by atoms with Crippen LogP contribution < -0.4 is 9.64 Å². The fourth-order valence-corrected chi connectivity index (χ4v) is 1.59. The van der Waals surface area contributed by atoms with Gasteiger partial charge >= 0.3 is 6.68 Å². The van der Waals surface area contributed by atoms with Crippen molar-refractivity contribution in [2.75, 3.05) is 18.6 Å². The number of nitrogens with zero attached hydrogens (tertiary/aromatic N) is 1. The topological polar surface area (TPSA) is 29.5 Å². The van der Waals surface area contributed by atoms with Gasteiger partial charge in [-0.1, -0.05) is 20.8 Å². The van der Waals surface area contributed by atoms with Crippen LogP contribution >= 0.6 is 0 Å². The van der Waals surface area contributed by atoms with Gasteiger partial charge in [0.1, 0.15) is 5.75 Å². The zero-order chi connectivity index (χ0) is 15.7. The smallest absolute Gasteiger partial charge is 0.379 e. The van der Waals surface area contributed by atoms with E-state index in [2.05, 4.69) is 0 Å². The van der Waals surface area contributed by atoms with Crippen molar-refractivity contribution in [3.8, 4) is 5.75 Å². The summed E-state index contributed by atoms with van der Waals surface area (Å²) in [5, 5.41) is 0. The Morgan fingerprint density at radius 3 is 1.95 bits per heavy atom. The number of benzene rings is 1. The Morgan fingerprint density at radius 1 is 1.20 bits per heavy atom.